The van der Waals surface area contributed by atoms with E-state index in [1.54, 1.807) is 18.3 Å². The zero-order chi connectivity index (χ0) is 17.3. The zero-order valence-corrected chi connectivity index (χ0v) is 15.5. The highest BCUT2D eigenvalue weighted by Gasteiger charge is 2.26. The molecule has 2 aromatic heterocycles. The van der Waals surface area contributed by atoms with Gasteiger partial charge in [0.25, 0.3) is 0 Å². The van der Waals surface area contributed by atoms with Gasteiger partial charge in [-0.25, -0.2) is 0 Å². The molecular formula is C17H24N4O2S. The number of aryl methyl sites for hydroxylation is 2. The maximum atomic E-state index is 12.4. The summed E-state index contributed by atoms with van der Waals surface area (Å²) in [5, 5.41) is 8.07. The summed E-state index contributed by atoms with van der Waals surface area (Å²) in [6, 6.07) is 0. The molecule has 1 aliphatic heterocycles. The van der Waals surface area contributed by atoms with E-state index in [0.29, 0.717) is 12.4 Å². The van der Waals surface area contributed by atoms with Crippen molar-refractivity contribution in [1.29, 1.82) is 0 Å². The molecule has 0 aromatic carbocycles. The molecule has 1 amide bonds. The molecule has 0 spiro atoms. The number of carbonyl (C=O) groups excluding carboxylic acids is 1. The minimum Gasteiger partial charge on any atom is -0.340 e. The highest BCUT2D eigenvalue weighted by atomic mass is 32.1. The van der Waals surface area contributed by atoms with Crippen LogP contribution in [-0.4, -0.2) is 40.6 Å². The van der Waals surface area contributed by atoms with Gasteiger partial charge < -0.3 is 9.84 Å². The van der Waals surface area contributed by atoms with Crippen LogP contribution < -0.4 is 5.32 Å². The van der Waals surface area contributed by atoms with Crippen molar-refractivity contribution in [2.24, 2.45) is 0 Å². The molecule has 1 fully saturated rings. The van der Waals surface area contributed by atoms with Crippen molar-refractivity contribution in [3.05, 3.63) is 27.7 Å². The van der Waals surface area contributed by atoms with Crippen LogP contribution in [0.3, 0.4) is 0 Å². The van der Waals surface area contributed by atoms with Gasteiger partial charge in [0.05, 0.1) is 11.5 Å². The lowest BCUT2D eigenvalue weighted by Crippen LogP contribution is -2.40. The fraction of sp³-hybridized carbons (Fsp3) is 0.588. The van der Waals surface area contributed by atoms with Gasteiger partial charge in [-0.15, -0.1) is 11.3 Å². The number of nitrogens with zero attached hydrogens (tertiary/aromatic N) is 3. The summed E-state index contributed by atoms with van der Waals surface area (Å²) < 4.78 is 5.08. The first-order valence-corrected chi connectivity index (χ1v) is 9.14. The van der Waals surface area contributed by atoms with Crippen molar-refractivity contribution in [2.75, 3.05) is 25.0 Å². The van der Waals surface area contributed by atoms with Crippen molar-refractivity contribution in [2.45, 2.75) is 46.5 Å². The number of carbonyl (C=O) groups is 1. The zero-order valence-electron chi connectivity index (χ0n) is 14.7. The molecule has 130 valence electrons. The van der Waals surface area contributed by atoms with E-state index in [1.807, 2.05) is 0 Å². The predicted octanol–water partition coefficient (Wildman–Crippen LogP) is 3.18. The van der Waals surface area contributed by atoms with Gasteiger partial charge in [0.1, 0.15) is 0 Å². The molecule has 0 saturated carbocycles. The summed E-state index contributed by atoms with van der Waals surface area (Å²) in [5.41, 5.74) is 2.44. The molecule has 1 aliphatic rings. The van der Waals surface area contributed by atoms with Crippen LogP contribution in [0.5, 0.6) is 0 Å². The quantitative estimate of drug-likeness (QED) is 0.919. The Morgan fingerprint density at radius 1 is 1.33 bits per heavy atom. The molecule has 24 heavy (non-hydrogen) atoms. The number of rotatable bonds is 4. The molecule has 0 aliphatic carbocycles. The van der Waals surface area contributed by atoms with Gasteiger partial charge >= 0.3 is 0 Å². The van der Waals surface area contributed by atoms with Gasteiger partial charge in [-0.2, -0.15) is 4.98 Å². The Morgan fingerprint density at radius 3 is 2.75 bits per heavy atom. The topological polar surface area (TPSA) is 71.3 Å². The first-order valence-electron chi connectivity index (χ1n) is 8.33. The number of piperidine rings is 1. The second-order valence-corrected chi connectivity index (χ2v) is 7.76. The standard InChI is InChI=1S/C17H24N4O2S/c1-10-11(2)17(24-12(10)3)19-15(22)9-21-7-5-6-14(8-21)16-18-13(4)23-20-16/h14H,5-9H2,1-4H3,(H,19,22)/t14-/m1/s1. The van der Waals surface area contributed by atoms with E-state index in [1.165, 1.54) is 16.0 Å². The van der Waals surface area contributed by atoms with Crippen molar-refractivity contribution >= 4 is 22.2 Å². The summed E-state index contributed by atoms with van der Waals surface area (Å²) in [4.78, 5) is 20.2. The lowest BCUT2D eigenvalue weighted by molar-refractivity contribution is -0.117. The molecule has 6 nitrogen and oxygen atoms in total. The van der Waals surface area contributed by atoms with E-state index < -0.39 is 0 Å². The second kappa shape index (κ2) is 7.03. The van der Waals surface area contributed by atoms with Crippen molar-refractivity contribution < 1.29 is 9.32 Å². The highest BCUT2D eigenvalue weighted by molar-refractivity contribution is 7.16. The molecule has 0 bridgehead atoms. The third-order valence-corrected chi connectivity index (χ3v) is 5.95. The van der Waals surface area contributed by atoms with Crippen LogP contribution in [0.15, 0.2) is 4.52 Å². The molecule has 2 aromatic rings. The maximum Gasteiger partial charge on any atom is 0.239 e. The van der Waals surface area contributed by atoms with Crippen molar-refractivity contribution in [3.63, 3.8) is 0 Å². The van der Waals surface area contributed by atoms with E-state index in [4.69, 9.17) is 4.52 Å². The third kappa shape index (κ3) is 3.67. The summed E-state index contributed by atoms with van der Waals surface area (Å²) in [5.74, 6) is 1.65. The lowest BCUT2D eigenvalue weighted by Gasteiger charge is -2.30. The first kappa shape index (κ1) is 17.1. The summed E-state index contributed by atoms with van der Waals surface area (Å²) in [6.45, 7) is 10.2. The smallest absolute Gasteiger partial charge is 0.239 e. The Labute approximate surface area is 146 Å². The van der Waals surface area contributed by atoms with Gasteiger partial charge in [0, 0.05) is 24.3 Å². The Morgan fingerprint density at radius 2 is 2.12 bits per heavy atom. The number of hydrogen-bond acceptors (Lipinski definition) is 6. The number of nitrogens with one attached hydrogen (secondary N) is 1. The Balaban J connectivity index is 1.58. The van der Waals surface area contributed by atoms with Crippen LogP contribution in [0, 0.1) is 27.7 Å². The van der Waals surface area contributed by atoms with Gasteiger partial charge in [0.15, 0.2) is 5.82 Å². The number of anilines is 1. The van der Waals surface area contributed by atoms with Crippen LogP contribution in [0.1, 0.15) is 46.5 Å². The minimum atomic E-state index is 0.0456. The van der Waals surface area contributed by atoms with Gasteiger partial charge in [-0.05, 0) is 51.3 Å². The number of aromatic nitrogens is 2. The van der Waals surface area contributed by atoms with Gasteiger partial charge in [-0.3, -0.25) is 9.69 Å². The molecule has 0 unspecified atom stereocenters. The monoisotopic (exact) mass is 348 g/mol. The van der Waals surface area contributed by atoms with Crippen molar-refractivity contribution in [1.82, 2.24) is 15.0 Å². The van der Waals surface area contributed by atoms with E-state index in [0.717, 1.165) is 36.8 Å². The van der Waals surface area contributed by atoms with Crippen LogP contribution in [0.25, 0.3) is 0 Å². The molecule has 1 atom stereocenters. The maximum absolute atomic E-state index is 12.4. The molecule has 1 N–H and O–H groups in total. The van der Waals surface area contributed by atoms with E-state index >= 15 is 0 Å². The largest absolute Gasteiger partial charge is 0.340 e. The van der Waals surface area contributed by atoms with Crippen LogP contribution >= 0.6 is 11.3 Å². The third-order valence-electron chi connectivity index (χ3n) is 4.72. The lowest BCUT2D eigenvalue weighted by atomic mass is 9.97. The predicted molar refractivity (Wildman–Crippen MR) is 94.6 cm³/mol. The molecule has 3 rings (SSSR count). The molecule has 1 saturated heterocycles. The first-order chi connectivity index (χ1) is 11.4. The van der Waals surface area contributed by atoms with E-state index in [2.05, 4.69) is 41.1 Å². The Bertz CT molecular complexity index is 737. The SMILES string of the molecule is Cc1nc([C@@H]2CCCN(CC(=O)Nc3sc(C)c(C)c3C)C2)no1. The average Bonchev–Trinajstić information content (AvgIpc) is 3.08. The van der Waals surface area contributed by atoms with Crippen LogP contribution in [-0.2, 0) is 4.79 Å². The highest BCUT2D eigenvalue weighted by Crippen LogP contribution is 2.31. The molecule has 3 heterocycles. The molecular weight excluding hydrogens is 324 g/mol. The van der Waals surface area contributed by atoms with Gasteiger partial charge in [0.2, 0.25) is 11.8 Å². The summed E-state index contributed by atoms with van der Waals surface area (Å²) >= 11 is 1.65. The minimum absolute atomic E-state index is 0.0456. The van der Waals surface area contributed by atoms with Crippen molar-refractivity contribution in [3.8, 4) is 0 Å². The van der Waals surface area contributed by atoms with E-state index in [-0.39, 0.29) is 11.8 Å². The number of likely N-dealkylation sites (tertiary alicyclic amines) is 1. The van der Waals surface area contributed by atoms with Crippen LogP contribution in [0.4, 0.5) is 5.00 Å². The van der Waals surface area contributed by atoms with Gasteiger partial charge in [-0.1, -0.05) is 5.16 Å². The Hall–Kier alpha value is -1.73. The fourth-order valence-electron chi connectivity index (χ4n) is 3.12. The number of thiophene rings is 1. The summed E-state index contributed by atoms with van der Waals surface area (Å²) in [6.07, 6.45) is 2.08. The average molecular weight is 348 g/mol. The van der Waals surface area contributed by atoms with Crippen LogP contribution in [0.2, 0.25) is 0 Å². The number of amides is 1. The number of hydrogen-bond donors (Lipinski definition) is 1. The normalized spacial score (nSPS) is 18.8. The van der Waals surface area contributed by atoms with E-state index in [9.17, 15) is 4.79 Å². The molecule has 7 heteroatoms. The summed E-state index contributed by atoms with van der Waals surface area (Å²) in [7, 11) is 0. The fourth-order valence-corrected chi connectivity index (χ4v) is 4.20. The second-order valence-electron chi connectivity index (χ2n) is 6.53. The Kier molecular flexibility index (Phi) is 5.01. The molecule has 0 radical (unpaired) electrons.